The van der Waals surface area contributed by atoms with E-state index >= 15 is 0 Å². The van der Waals surface area contributed by atoms with Crippen LogP contribution in [0.2, 0.25) is 0 Å². The number of methoxy groups -OCH3 is 1. The van der Waals surface area contributed by atoms with Crippen molar-refractivity contribution in [3.63, 3.8) is 0 Å². The smallest absolute Gasteiger partial charge is 0.259 e. The number of rotatable bonds is 12. The van der Waals surface area contributed by atoms with Gasteiger partial charge in [0.05, 0.1) is 18.8 Å². The van der Waals surface area contributed by atoms with E-state index in [-0.39, 0.29) is 30.0 Å². The van der Waals surface area contributed by atoms with Gasteiger partial charge in [0.25, 0.3) is 11.7 Å². The molecular formula is C40H51N5O8S. The molecule has 2 saturated heterocycles. The summed E-state index contributed by atoms with van der Waals surface area (Å²) in [5.41, 5.74) is 0.932. The average Bonchev–Trinajstić information content (AvgIpc) is 3.85. The van der Waals surface area contributed by atoms with E-state index in [9.17, 15) is 28.8 Å². The number of Topliss-reactive ketones (excluding diaryl/α,β-unsaturated/α-hetero) is 2. The highest BCUT2D eigenvalue weighted by Gasteiger charge is 2.43. The van der Waals surface area contributed by atoms with Crippen LogP contribution in [0.3, 0.4) is 0 Å². The Hall–Kier alpha value is -4.95. The lowest BCUT2D eigenvalue weighted by Gasteiger charge is -2.36. The molecule has 0 bridgehead atoms. The molecule has 4 N–H and O–H groups in total. The number of carbonyl (C=O) groups is 6. The second-order valence-electron chi connectivity index (χ2n) is 14.8. The Kier molecular flexibility index (Phi) is 14.6. The fourth-order valence-electron chi connectivity index (χ4n) is 6.32. The van der Waals surface area contributed by atoms with Gasteiger partial charge in [0.2, 0.25) is 23.5 Å². The minimum atomic E-state index is -1.31. The van der Waals surface area contributed by atoms with Gasteiger partial charge in [-0.05, 0) is 69.6 Å². The van der Waals surface area contributed by atoms with Crippen molar-refractivity contribution in [1.29, 1.82) is 0 Å². The molecule has 54 heavy (non-hydrogen) atoms. The van der Waals surface area contributed by atoms with Crippen molar-refractivity contribution < 1.29 is 38.6 Å². The summed E-state index contributed by atoms with van der Waals surface area (Å²) in [6, 6.07) is 12.6. The predicted molar refractivity (Wildman–Crippen MR) is 205 cm³/mol. The number of aliphatic hydroxyl groups is 1. The van der Waals surface area contributed by atoms with E-state index in [1.54, 1.807) is 43.5 Å². The Morgan fingerprint density at radius 1 is 1.02 bits per heavy atom. The van der Waals surface area contributed by atoms with E-state index < -0.39 is 58.7 Å². The summed E-state index contributed by atoms with van der Waals surface area (Å²) in [6.45, 7) is 9.70. The molecular weight excluding hydrogens is 711 g/mol. The highest BCUT2D eigenvalue weighted by Crippen LogP contribution is 2.28. The number of nitrogens with zero attached hydrogens (tertiary/aromatic N) is 2. The summed E-state index contributed by atoms with van der Waals surface area (Å²) >= 11 is 1.04. The van der Waals surface area contributed by atoms with E-state index in [2.05, 4.69) is 20.9 Å². The highest BCUT2D eigenvalue weighted by molar-refractivity contribution is 7.13. The Balaban J connectivity index is 0.00000155. The number of likely N-dealkylation sites (tertiary alicyclic amines) is 1. The molecule has 2 aromatic carbocycles. The molecule has 0 radical (unpaired) electrons. The predicted octanol–water partition coefficient (Wildman–Crippen LogP) is 4.19. The number of aliphatic hydroxyl groups excluding tert-OH is 1. The summed E-state index contributed by atoms with van der Waals surface area (Å²) in [6.07, 6.45) is 1.81. The van der Waals surface area contributed by atoms with Gasteiger partial charge in [-0.1, -0.05) is 57.2 Å². The largest absolute Gasteiger partial charge is 0.497 e. The van der Waals surface area contributed by atoms with Crippen LogP contribution in [0.15, 0.2) is 60.0 Å². The normalized spacial score (nSPS) is 18.1. The van der Waals surface area contributed by atoms with Crippen molar-refractivity contribution in [2.24, 2.45) is 11.3 Å². The Morgan fingerprint density at radius 3 is 2.37 bits per heavy atom. The number of amides is 4. The fraction of sp³-hybridized carbons (Fsp3) is 0.475. The molecule has 3 unspecified atom stereocenters. The molecule has 3 aromatic rings. The zero-order valence-corrected chi connectivity index (χ0v) is 32.5. The van der Waals surface area contributed by atoms with E-state index in [0.717, 1.165) is 16.9 Å². The quantitative estimate of drug-likeness (QED) is 0.155. The van der Waals surface area contributed by atoms with E-state index in [4.69, 9.17) is 9.84 Å². The standard InChI is InChI=1S/C37H43N5O7S.C3H8O/c1-37(2,3)31(41-33(46)23-13-8-15-25(19-23)49-4)36(48)42-18-10-16-28(42)34(47)39-26(20-24-14-9-17-38-32(24)45)29(43)30(44)35-40-27(21-50-35)22-11-6-5-7-12-22;1-3(2)4/h5-8,11-13,15,19,21,24,26,28,31H,9-10,14,16-18,20H2,1-4H3,(H,38,45)(H,39,47)(H,41,46);3-4H,1-2H3/t24?,26?,28?,31-;/m1./s1. The van der Waals surface area contributed by atoms with E-state index in [1.165, 1.54) is 12.0 Å². The first-order valence-corrected chi connectivity index (χ1v) is 19.1. The molecule has 2 aliphatic heterocycles. The van der Waals surface area contributed by atoms with Gasteiger partial charge in [0.1, 0.15) is 17.8 Å². The minimum absolute atomic E-state index is 0.0151. The van der Waals surface area contributed by atoms with Gasteiger partial charge < -0.3 is 30.7 Å². The van der Waals surface area contributed by atoms with Gasteiger partial charge >= 0.3 is 0 Å². The maximum Gasteiger partial charge on any atom is 0.259 e. The molecule has 0 saturated carbocycles. The first kappa shape index (κ1) is 41.8. The van der Waals surface area contributed by atoms with Crippen molar-refractivity contribution in [2.45, 2.75) is 91.0 Å². The number of ketones is 2. The Morgan fingerprint density at radius 2 is 1.72 bits per heavy atom. The molecule has 1 aromatic heterocycles. The maximum absolute atomic E-state index is 14.1. The van der Waals surface area contributed by atoms with Crippen LogP contribution in [0.4, 0.5) is 0 Å². The summed E-state index contributed by atoms with van der Waals surface area (Å²) in [5, 5.41) is 18.1. The Bertz CT molecular complexity index is 1800. The van der Waals surface area contributed by atoms with Crippen LogP contribution >= 0.6 is 11.3 Å². The lowest BCUT2D eigenvalue weighted by Crippen LogP contribution is -2.59. The summed E-state index contributed by atoms with van der Waals surface area (Å²) in [5.74, 6) is -3.57. The summed E-state index contributed by atoms with van der Waals surface area (Å²) in [7, 11) is 1.50. The van der Waals surface area contributed by atoms with E-state index in [0.29, 0.717) is 49.2 Å². The molecule has 14 heteroatoms. The molecule has 13 nitrogen and oxygen atoms in total. The molecule has 0 aliphatic carbocycles. The number of carbonyl (C=O) groups excluding carboxylic acids is 6. The third-order valence-electron chi connectivity index (χ3n) is 9.10. The fourth-order valence-corrected chi connectivity index (χ4v) is 7.09. The highest BCUT2D eigenvalue weighted by atomic mass is 32.1. The molecule has 4 amide bonds. The van der Waals surface area contributed by atoms with Crippen LogP contribution in [0.5, 0.6) is 5.75 Å². The number of nitrogens with one attached hydrogen (secondary N) is 3. The van der Waals surface area contributed by atoms with Crippen LogP contribution in [0.1, 0.15) is 86.9 Å². The number of thiazole rings is 1. The number of piperidine rings is 1. The molecule has 0 spiro atoms. The first-order chi connectivity index (χ1) is 25.6. The van der Waals surface area contributed by atoms with Gasteiger partial charge in [0.15, 0.2) is 5.01 Å². The van der Waals surface area contributed by atoms with Crippen LogP contribution in [0.25, 0.3) is 11.3 Å². The van der Waals surface area contributed by atoms with Gasteiger partial charge in [-0.25, -0.2) is 4.98 Å². The third-order valence-corrected chi connectivity index (χ3v) is 9.94. The lowest BCUT2D eigenvalue weighted by atomic mass is 9.85. The van der Waals surface area contributed by atoms with Crippen molar-refractivity contribution in [2.75, 3.05) is 20.2 Å². The van der Waals surface area contributed by atoms with Crippen molar-refractivity contribution in [1.82, 2.24) is 25.8 Å². The maximum atomic E-state index is 14.1. The second-order valence-corrected chi connectivity index (χ2v) is 15.7. The number of aromatic nitrogens is 1. The van der Waals surface area contributed by atoms with E-state index in [1.807, 2.05) is 51.1 Å². The van der Waals surface area contributed by atoms with Gasteiger partial charge in [0, 0.05) is 41.6 Å². The first-order valence-electron chi connectivity index (χ1n) is 18.2. The average molecular weight is 762 g/mol. The van der Waals surface area contributed by atoms with Gasteiger partial charge in [-0.2, -0.15) is 0 Å². The monoisotopic (exact) mass is 761 g/mol. The number of benzene rings is 2. The van der Waals surface area contributed by atoms with Crippen molar-refractivity contribution in [3.05, 3.63) is 70.5 Å². The zero-order chi connectivity index (χ0) is 39.6. The van der Waals surface area contributed by atoms with Crippen LogP contribution in [-0.4, -0.2) is 94.6 Å². The topological polar surface area (TPSA) is 184 Å². The van der Waals surface area contributed by atoms with Crippen LogP contribution < -0.4 is 20.7 Å². The molecule has 4 atom stereocenters. The summed E-state index contributed by atoms with van der Waals surface area (Å²) in [4.78, 5) is 87.2. The summed E-state index contributed by atoms with van der Waals surface area (Å²) < 4.78 is 5.24. The van der Waals surface area contributed by atoms with Crippen molar-refractivity contribution in [3.8, 4) is 17.0 Å². The minimum Gasteiger partial charge on any atom is -0.497 e. The number of hydrogen-bond acceptors (Lipinski definition) is 10. The molecule has 2 fully saturated rings. The van der Waals surface area contributed by atoms with Gasteiger partial charge in [-0.3, -0.25) is 28.8 Å². The van der Waals surface area contributed by atoms with Crippen LogP contribution in [-0.2, 0) is 19.2 Å². The SMILES string of the molecule is CC(C)O.COc1cccc(C(=O)N[C@H](C(=O)N2CCCC2C(=O)NC(CC2CCCNC2=O)C(=O)C(=O)c2nc(-c3ccccc3)cs2)C(C)(C)C)c1. The molecule has 290 valence electrons. The zero-order valence-electron chi connectivity index (χ0n) is 31.7. The second kappa shape index (κ2) is 18.9. The number of hydrogen-bond donors (Lipinski definition) is 4. The number of ether oxygens (including phenoxy) is 1. The molecule has 2 aliphatic rings. The molecule has 3 heterocycles. The lowest BCUT2D eigenvalue weighted by molar-refractivity contribution is -0.142. The Labute approximate surface area is 320 Å². The third kappa shape index (κ3) is 11.0. The molecule has 5 rings (SSSR count). The van der Waals surface area contributed by atoms with Crippen molar-refractivity contribution >= 4 is 46.5 Å². The van der Waals surface area contributed by atoms with Crippen LogP contribution in [0, 0.1) is 11.3 Å². The van der Waals surface area contributed by atoms with Gasteiger partial charge in [-0.15, -0.1) is 11.3 Å².